The molecule has 0 radical (unpaired) electrons. The third kappa shape index (κ3) is 6.84. The number of piperazine rings is 1. The van der Waals surface area contributed by atoms with E-state index in [1.807, 2.05) is 4.90 Å². The highest BCUT2D eigenvalue weighted by atomic mass is 19.1. The number of aryl methyl sites for hydroxylation is 1. The average Bonchev–Trinajstić information content (AvgIpc) is 3.42. The van der Waals surface area contributed by atoms with Gasteiger partial charge in [-0.2, -0.15) is 0 Å². The number of carbonyl (C=O) groups is 2. The first-order chi connectivity index (χ1) is 19.0. The summed E-state index contributed by atoms with van der Waals surface area (Å²) in [6, 6.07) is 13.6. The van der Waals surface area contributed by atoms with Gasteiger partial charge in [0.15, 0.2) is 0 Å². The number of hydrogen-bond donors (Lipinski definition) is 1. The fourth-order valence-electron chi connectivity index (χ4n) is 5.88. The molecule has 3 saturated heterocycles. The SMILES string of the molecule is Cc1ccccc1CN(CCN1CCOCC1)C1CC(C(=O)N2CCNCC2)N(C(=O)c2ccc(F)cc2)C1. The molecule has 3 fully saturated rings. The zero-order valence-corrected chi connectivity index (χ0v) is 22.9. The van der Waals surface area contributed by atoms with Gasteiger partial charge >= 0.3 is 0 Å². The van der Waals surface area contributed by atoms with Gasteiger partial charge in [-0.3, -0.25) is 19.4 Å². The minimum absolute atomic E-state index is 0.0125. The lowest BCUT2D eigenvalue weighted by Gasteiger charge is -2.33. The summed E-state index contributed by atoms with van der Waals surface area (Å²) in [5.41, 5.74) is 2.90. The van der Waals surface area contributed by atoms with Gasteiger partial charge in [0.25, 0.3) is 5.91 Å². The van der Waals surface area contributed by atoms with Crippen molar-refractivity contribution in [1.82, 2.24) is 24.9 Å². The van der Waals surface area contributed by atoms with Crippen LogP contribution in [0.1, 0.15) is 27.9 Å². The van der Waals surface area contributed by atoms with Crippen LogP contribution in [0.2, 0.25) is 0 Å². The van der Waals surface area contributed by atoms with Gasteiger partial charge < -0.3 is 19.9 Å². The smallest absolute Gasteiger partial charge is 0.254 e. The number of hydrogen-bond acceptors (Lipinski definition) is 6. The predicted molar refractivity (Wildman–Crippen MR) is 148 cm³/mol. The normalized spacial score (nSPS) is 22.4. The van der Waals surface area contributed by atoms with Crippen LogP contribution in [-0.2, 0) is 16.1 Å². The quantitative estimate of drug-likeness (QED) is 0.556. The van der Waals surface area contributed by atoms with E-state index in [1.165, 1.54) is 35.4 Å². The molecule has 0 saturated carbocycles. The van der Waals surface area contributed by atoms with Gasteiger partial charge in [0, 0.05) is 77.1 Å². The van der Waals surface area contributed by atoms with Crippen molar-refractivity contribution in [3.63, 3.8) is 0 Å². The summed E-state index contributed by atoms with van der Waals surface area (Å²) in [6.45, 7) is 11.2. The second-order valence-electron chi connectivity index (χ2n) is 10.8. The van der Waals surface area contributed by atoms with Crippen molar-refractivity contribution in [2.24, 2.45) is 0 Å². The number of morpholine rings is 1. The van der Waals surface area contributed by atoms with Crippen LogP contribution in [0.25, 0.3) is 0 Å². The van der Waals surface area contributed by atoms with Gasteiger partial charge in [-0.15, -0.1) is 0 Å². The Morgan fingerprint density at radius 1 is 1.03 bits per heavy atom. The second kappa shape index (κ2) is 13.0. The molecule has 8 nitrogen and oxygen atoms in total. The largest absolute Gasteiger partial charge is 0.379 e. The molecule has 0 aromatic heterocycles. The molecule has 5 rings (SSSR count). The maximum Gasteiger partial charge on any atom is 0.254 e. The number of amides is 2. The minimum atomic E-state index is -0.534. The summed E-state index contributed by atoms with van der Waals surface area (Å²) in [7, 11) is 0. The maximum atomic E-state index is 13.8. The molecule has 210 valence electrons. The molecular weight excluding hydrogens is 497 g/mol. The summed E-state index contributed by atoms with van der Waals surface area (Å²) in [4.78, 5) is 36.0. The Hall–Kier alpha value is -2.85. The number of ether oxygens (including phenoxy) is 1. The number of likely N-dealkylation sites (tertiary alicyclic amines) is 1. The first kappa shape index (κ1) is 27.7. The number of rotatable bonds is 8. The van der Waals surface area contributed by atoms with Crippen molar-refractivity contribution in [3.8, 4) is 0 Å². The number of carbonyl (C=O) groups excluding carboxylic acids is 2. The van der Waals surface area contributed by atoms with Crippen LogP contribution in [0, 0.1) is 12.7 Å². The Kier molecular flexibility index (Phi) is 9.24. The molecule has 39 heavy (non-hydrogen) atoms. The van der Waals surface area contributed by atoms with Gasteiger partial charge in [0.1, 0.15) is 11.9 Å². The lowest BCUT2D eigenvalue weighted by Crippen LogP contribution is -2.53. The zero-order chi connectivity index (χ0) is 27.2. The molecule has 2 unspecified atom stereocenters. The van der Waals surface area contributed by atoms with Gasteiger partial charge in [0.05, 0.1) is 13.2 Å². The monoisotopic (exact) mass is 537 g/mol. The molecule has 9 heteroatoms. The molecule has 2 aromatic carbocycles. The summed E-state index contributed by atoms with van der Waals surface area (Å²) in [5.74, 6) is -0.583. The number of nitrogens with zero attached hydrogens (tertiary/aromatic N) is 4. The Balaban J connectivity index is 1.39. The van der Waals surface area contributed by atoms with E-state index in [0.29, 0.717) is 31.6 Å². The molecular formula is C30H40FN5O3. The summed E-state index contributed by atoms with van der Waals surface area (Å²) < 4.78 is 19.1. The van der Waals surface area contributed by atoms with E-state index in [9.17, 15) is 14.0 Å². The molecule has 3 heterocycles. The second-order valence-corrected chi connectivity index (χ2v) is 10.8. The van der Waals surface area contributed by atoms with E-state index in [4.69, 9.17) is 4.74 Å². The van der Waals surface area contributed by atoms with E-state index >= 15 is 0 Å². The number of nitrogens with one attached hydrogen (secondary N) is 1. The summed E-state index contributed by atoms with van der Waals surface area (Å²) >= 11 is 0. The highest BCUT2D eigenvalue weighted by molar-refractivity contribution is 5.98. The van der Waals surface area contributed by atoms with E-state index in [1.54, 1.807) is 4.90 Å². The van der Waals surface area contributed by atoms with E-state index in [0.717, 1.165) is 59.0 Å². The maximum absolute atomic E-state index is 13.8. The Bertz CT molecular complexity index is 1120. The Morgan fingerprint density at radius 2 is 1.74 bits per heavy atom. The third-order valence-corrected chi connectivity index (χ3v) is 8.30. The molecule has 2 atom stereocenters. The molecule has 0 spiro atoms. The Morgan fingerprint density at radius 3 is 2.46 bits per heavy atom. The zero-order valence-electron chi connectivity index (χ0n) is 22.9. The number of benzene rings is 2. The van der Waals surface area contributed by atoms with Crippen molar-refractivity contribution in [3.05, 3.63) is 71.0 Å². The van der Waals surface area contributed by atoms with E-state index in [2.05, 4.69) is 46.3 Å². The average molecular weight is 538 g/mol. The highest BCUT2D eigenvalue weighted by Crippen LogP contribution is 2.28. The first-order valence-electron chi connectivity index (χ1n) is 14.1. The molecule has 2 amide bonds. The van der Waals surface area contributed by atoms with Crippen LogP contribution in [0.3, 0.4) is 0 Å². The molecule has 0 aliphatic carbocycles. The van der Waals surface area contributed by atoms with Gasteiger partial charge in [-0.1, -0.05) is 24.3 Å². The Labute approximate surface area is 230 Å². The van der Waals surface area contributed by atoms with Crippen LogP contribution in [-0.4, -0.2) is 116 Å². The summed E-state index contributed by atoms with van der Waals surface area (Å²) in [5, 5.41) is 3.30. The molecule has 3 aliphatic heterocycles. The molecule has 1 N–H and O–H groups in total. The fraction of sp³-hybridized carbons (Fsp3) is 0.533. The molecule has 3 aliphatic rings. The first-order valence-corrected chi connectivity index (χ1v) is 14.1. The van der Waals surface area contributed by atoms with Crippen molar-refractivity contribution >= 4 is 11.8 Å². The van der Waals surface area contributed by atoms with Gasteiger partial charge in [-0.25, -0.2) is 4.39 Å². The number of halogens is 1. The lowest BCUT2D eigenvalue weighted by molar-refractivity contribution is -0.135. The van der Waals surface area contributed by atoms with Crippen molar-refractivity contribution in [2.45, 2.75) is 32.0 Å². The van der Waals surface area contributed by atoms with Crippen molar-refractivity contribution < 1.29 is 18.7 Å². The minimum Gasteiger partial charge on any atom is -0.379 e. The van der Waals surface area contributed by atoms with Crippen LogP contribution in [0.5, 0.6) is 0 Å². The lowest BCUT2D eigenvalue weighted by atomic mass is 10.1. The van der Waals surface area contributed by atoms with Gasteiger partial charge in [0.2, 0.25) is 5.91 Å². The van der Waals surface area contributed by atoms with Crippen molar-refractivity contribution in [1.29, 1.82) is 0 Å². The van der Waals surface area contributed by atoms with Gasteiger partial charge in [-0.05, 0) is 48.7 Å². The van der Waals surface area contributed by atoms with Crippen LogP contribution < -0.4 is 5.32 Å². The molecule has 2 aromatic rings. The standard InChI is InChI=1S/C30H40FN5O3/c1-23-4-2-3-5-25(23)21-35(15-14-33-16-18-39-19-17-33)27-20-28(30(38)34-12-10-32-11-13-34)36(22-27)29(37)24-6-8-26(31)9-7-24/h2-9,27-28,32H,10-22H2,1H3. The third-order valence-electron chi connectivity index (χ3n) is 8.30. The fourth-order valence-corrected chi connectivity index (χ4v) is 5.88. The van der Waals surface area contributed by atoms with E-state index in [-0.39, 0.29) is 23.7 Å². The van der Waals surface area contributed by atoms with Crippen molar-refractivity contribution in [2.75, 3.05) is 72.1 Å². The highest BCUT2D eigenvalue weighted by Gasteiger charge is 2.43. The molecule has 0 bridgehead atoms. The van der Waals surface area contributed by atoms with Crippen LogP contribution >= 0.6 is 0 Å². The van der Waals surface area contributed by atoms with Crippen LogP contribution in [0.15, 0.2) is 48.5 Å². The van der Waals surface area contributed by atoms with E-state index < -0.39 is 6.04 Å². The summed E-state index contributed by atoms with van der Waals surface area (Å²) in [6.07, 6.45) is 0.588. The van der Waals surface area contributed by atoms with Crippen LogP contribution in [0.4, 0.5) is 4.39 Å². The topological polar surface area (TPSA) is 68.4 Å². The predicted octanol–water partition coefficient (Wildman–Crippen LogP) is 1.98.